The predicted octanol–water partition coefficient (Wildman–Crippen LogP) is 3.06. The maximum atomic E-state index is 13.1. The van der Waals surface area contributed by atoms with E-state index in [0.717, 1.165) is 24.0 Å². The first kappa shape index (κ1) is 20.6. The average molecular weight is 401 g/mol. The van der Waals surface area contributed by atoms with Crippen LogP contribution < -0.4 is 5.32 Å². The van der Waals surface area contributed by atoms with E-state index in [9.17, 15) is 13.2 Å². The van der Waals surface area contributed by atoms with Gasteiger partial charge in [0, 0.05) is 19.6 Å². The molecule has 1 aliphatic heterocycles. The second kappa shape index (κ2) is 8.88. The molecule has 1 amide bonds. The number of carbonyl (C=O) groups is 1. The van der Waals surface area contributed by atoms with Crippen LogP contribution in [0.3, 0.4) is 0 Å². The summed E-state index contributed by atoms with van der Waals surface area (Å²) in [6.45, 7) is 4.96. The topological polar surface area (TPSA) is 66.5 Å². The Morgan fingerprint density at radius 3 is 2.64 bits per heavy atom. The Morgan fingerprint density at radius 1 is 1.14 bits per heavy atom. The van der Waals surface area contributed by atoms with Crippen LogP contribution in [0, 0.1) is 19.8 Å². The van der Waals surface area contributed by atoms with E-state index in [0.29, 0.717) is 24.4 Å². The lowest BCUT2D eigenvalue weighted by atomic mass is 9.99. The van der Waals surface area contributed by atoms with Crippen LogP contribution in [0.4, 0.5) is 0 Å². The van der Waals surface area contributed by atoms with Gasteiger partial charge in [-0.15, -0.1) is 0 Å². The van der Waals surface area contributed by atoms with Crippen molar-refractivity contribution in [3.63, 3.8) is 0 Å². The van der Waals surface area contributed by atoms with Crippen LogP contribution in [0.2, 0.25) is 0 Å². The molecular weight excluding hydrogens is 372 g/mol. The van der Waals surface area contributed by atoms with Gasteiger partial charge in [0.25, 0.3) is 0 Å². The van der Waals surface area contributed by atoms with Crippen LogP contribution in [0.25, 0.3) is 0 Å². The van der Waals surface area contributed by atoms with Crippen molar-refractivity contribution in [1.29, 1.82) is 0 Å². The Kier molecular flexibility index (Phi) is 6.52. The number of amides is 1. The minimum atomic E-state index is -3.59. The van der Waals surface area contributed by atoms with Gasteiger partial charge in [-0.3, -0.25) is 4.79 Å². The Labute approximate surface area is 167 Å². The van der Waals surface area contributed by atoms with E-state index in [2.05, 4.69) is 5.32 Å². The molecule has 0 unspecified atom stereocenters. The summed E-state index contributed by atoms with van der Waals surface area (Å²) in [6.07, 6.45) is 2.18. The van der Waals surface area contributed by atoms with E-state index in [4.69, 9.17) is 0 Å². The van der Waals surface area contributed by atoms with Crippen molar-refractivity contribution in [3.05, 3.63) is 65.2 Å². The zero-order chi connectivity index (χ0) is 20.1. The smallest absolute Gasteiger partial charge is 0.243 e. The van der Waals surface area contributed by atoms with Crippen LogP contribution in [-0.2, 0) is 21.2 Å². The highest BCUT2D eigenvalue weighted by Crippen LogP contribution is 2.26. The summed E-state index contributed by atoms with van der Waals surface area (Å²) >= 11 is 0. The number of nitrogens with one attached hydrogen (secondary N) is 1. The quantitative estimate of drug-likeness (QED) is 0.810. The number of aryl methyl sites for hydroxylation is 2. The summed E-state index contributed by atoms with van der Waals surface area (Å²) in [5.41, 5.74) is 2.82. The lowest BCUT2D eigenvalue weighted by Crippen LogP contribution is -2.45. The molecule has 0 radical (unpaired) electrons. The second-order valence-corrected chi connectivity index (χ2v) is 9.40. The van der Waals surface area contributed by atoms with Crippen LogP contribution in [0.1, 0.15) is 29.5 Å². The third kappa shape index (κ3) is 4.80. The highest BCUT2D eigenvalue weighted by molar-refractivity contribution is 7.89. The average Bonchev–Trinajstić information content (AvgIpc) is 2.70. The Bertz CT molecular complexity index is 926. The number of benzene rings is 2. The fourth-order valence-electron chi connectivity index (χ4n) is 3.62. The summed E-state index contributed by atoms with van der Waals surface area (Å²) in [5, 5.41) is 2.97. The Hall–Kier alpha value is -2.18. The standard InChI is InChI=1S/C22H28N2O3S/c1-17-10-11-18(2)21(15-17)28(26,27)24-14-6-9-20(16-24)22(25)23-13-12-19-7-4-3-5-8-19/h3-5,7-8,10-11,15,20H,6,9,12-14,16H2,1-2H3,(H,23,25)/t20-/m1/s1. The van der Waals surface area contributed by atoms with Crippen molar-refractivity contribution in [2.75, 3.05) is 19.6 Å². The van der Waals surface area contributed by atoms with Crippen molar-refractivity contribution in [1.82, 2.24) is 9.62 Å². The maximum Gasteiger partial charge on any atom is 0.243 e. The first-order chi connectivity index (χ1) is 13.4. The van der Waals surface area contributed by atoms with Gasteiger partial charge in [-0.1, -0.05) is 42.5 Å². The number of sulfonamides is 1. The number of hydrogen-bond acceptors (Lipinski definition) is 3. The highest BCUT2D eigenvalue weighted by atomic mass is 32.2. The minimum absolute atomic E-state index is 0.0585. The van der Waals surface area contributed by atoms with Gasteiger partial charge >= 0.3 is 0 Å². The summed E-state index contributed by atoms with van der Waals surface area (Å²) in [7, 11) is -3.59. The molecule has 1 saturated heterocycles. The highest BCUT2D eigenvalue weighted by Gasteiger charge is 2.33. The van der Waals surface area contributed by atoms with Crippen LogP contribution in [-0.4, -0.2) is 38.3 Å². The van der Waals surface area contributed by atoms with Crippen molar-refractivity contribution in [2.24, 2.45) is 5.92 Å². The van der Waals surface area contributed by atoms with Gasteiger partial charge in [-0.05, 0) is 55.9 Å². The van der Waals surface area contributed by atoms with Crippen molar-refractivity contribution < 1.29 is 13.2 Å². The molecule has 6 heteroatoms. The molecule has 28 heavy (non-hydrogen) atoms. The Morgan fingerprint density at radius 2 is 1.89 bits per heavy atom. The molecule has 150 valence electrons. The zero-order valence-corrected chi connectivity index (χ0v) is 17.3. The molecule has 1 heterocycles. The normalized spacial score (nSPS) is 18.0. The van der Waals surface area contributed by atoms with E-state index >= 15 is 0 Å². The summed E-state index contributed by atoms with van der Waals surface area (Å²) in [5.74, 6) is -0.360. The first-order valence-electron chi connectivity index (χ1n) is 9.77. The number of nitrogens with zero attached hydrogens (tertiary/aromatic N) is 1. The van der Waals surface area contributed by atoms with E-state index in [1.54, 1.807) is 6.07 Å². The molecule has 0 aliphatic carbocycles. The molecule has 1 aliphatic rings. The molecule has 0 saturated carbocycles. The molecule has 1 fully saturated rings. The van der Waals surface area contributed by atoms with Crippen LogP contribution in [0.15, 0.2) is 53.4 Å². The summed E-state index contributed by atoms with van der Waals surface area (Å²) < 4.78 is 27.7. The van der Waals surface area contributed by atoms with E-state index in [1.165, 1.54) is 9.87 Å². The van der Waals surface area contributed by atoms with E-state index < -0.39 is 10.0 Å². The molecule has 0 aromatic heterocycles. The molecule has 0 bridgehead atoms. The van der Waals surface area contributed by atoms with Crippen LogP contribution in [0.5, 0.6) is 0 Å². The third-order valence-corrected chi connectivity index (χ3v) is 7.28. The van der Waals surface area contributed by atoms with Crippen molar-refractivity contribution in [2.45, 2.75) is 38.0 Å². The molecule has 1 N–H and O–H groups in total. The van der Waals surface area contributed by atoms with Gasteiger partial charge in [0.1, 0.15) is 0 Å². The monoisotopic (exact) mass is 400 g/mol. The van der Waals surface area contributed by atoms with Gasteiger partial charge in [0.05, 0.1) is 10.8 Å². The van der Waals surface area contributed by atoms with Crippen LogP contribution >= 0.6 is 0 Å². The molecule has 5 nitrogen and oxygen atoms in total. The van der Waals surface area contributed by atoms with E-state index in [1.807, 2.05) is 56.3 Å². The number of rotatable bonds is 6. The van der Waals surface area contributed by atoms with Crippen molar-refractivity contribution >= 4 is 15.9 Å². The molecular formula is C22H28N2O3S. The first-order valence-corrected chi connectivity index (χ1v) is 11.2. The third-order valence-electron chi connectivity index (χ3n) is 5.27. The molecule has 0 spiro atoms. The second-order valence-electron chi connectivity index (χ2n) is 7.50. The fourth-order valence-corrected chi connectivity index (χ4v) is 5.45. The predicted molar refractivity (Wildman–Crippen MR) is 111 cm³/mol. The fraction of sp³-hybridized carbons (Fsp3) is 0.409. The molecule has 3 rings (SSSR count). The van der Waals surface area contributed by atoms with Gasteiger partial charge in [0.2, 0.25) is 15.9 Å². The van der Waals surface area contributed by atoms with Gasteiger partial charge < -0.3 is 5.32 Å². The Balaban J connectivity index is 1.63. The summed E-state index contributed by atoms with van der Waals surface area (Å²) in [4.78, 5) is 12.9. The summed E-state index contributed by atoms with van der Waals surface area (Å²) in [6, 6.07) is 15.5. The van der Waals surface area contributed by atoms with Gasteiger partial charge in [-0.2, -0.15) is 4.31 Å². The van der Waals surface area contributed by atoms with E-state index in [-0.39, 0.29) is 18.4 Å². The van der Waals surface area contributed by atoms with Gasteiger partial charge in [0.15, 0.2) is 0 Å². The zero-order valence-electron chi connectivity index (χ0n) is 16.5. The number of piperidine rings is 1. The van der Waals surface area contributed by atoms with Gasteiger partial charge in [-0.25, -0.2) is 8.42 Å². The number of carbonyl (C=O) groups excluding carboxylic acids is 1. The lowest BCUT2D eigenvalue weighted by Gasteiger charge is -2.31. The molecule has 2 aromatic rings. The number of hydrogen-bond donors (Lipinski definition) is 1. The molecule has 2 aromatic carbocycles. The minimum Gasteiger partial charge on any atom is -0.355 e. The maximum absolute atomic E-state index is 13.1. The largest absolute Gasteiger partial charge is 0.355 e. The van der Waals surface area contributed by atoms with Crippen molar-refractivity contribution in [3.8, 4) is 0 Å². The molecule has 1 atom stereocenters. The lowest BCUT2D eigenvalue weighted by molar-refractivity contribution is -0.126. The SMILES string of the molecule is Cc1ccc(C)c(S(=O)(=O)N2CCC[C@@H](C(=O)NCCc3ccccc3)C2)c1.